The largest absolute Gasteiger partial charge is 0.479 e. The van der Waals surface area contributed by atoms with Crippen molar-refractivity contribution >= 4 is 26.6 Å². The van der Waals surface area contributed by atoms with Crippen molar-refractivity contribution in [1.29, 1.82) is 0 Å². The maximum Gasteiger partial charge on any atom is 0.279 e. The number of pyridine rings is 2. The number of methoxy groups -OCH3 is 1. The number of hydrogen-bond donors (Lipinski definition) is 2. The topological polar surface area (TPSA) is 128 Å². The Kier molecular flexibility index (Phi) is 4.81. The predicted octanol–water partition coefficient (Wildman–Crippen LogP) is 2.50. The van der Waals surface area contributed by atoms with Gasteiger partial charge in [0.15, 0.2) is 0 Å². The molecule has 0 aromatic carbocycles. The van der Waals surface area contributed by atoms with Crippen LogP contribution in [0.4, 0.5) is 14.5 Å². The van der Waals surface area contributed by atoms with Gasteiger partial charge in [-0.3, -0.25) is 19.5 Å². The van der Waals surface area contributed by atoms with Crippen molar-refractivity contribution in [3.8, 4) is 17.3 Å². The zero-order valence-corrected chi connectivity index (χ0v) is 16.5. The number of H-pyrrole nitrogens is 1. The monoisotopic (exact) mass is 435 g/mol. The second-order valence-corrected chi connectivity index (χ2v) is 7.89. The molecule has 0 saturated heterocycles. The summed E-state index contributed by atoms with van der Waals surface area (Å²) in [7, 11) is -1.03. The molecule has 2 N–H and O–H groups in total. The average molecular weight is 435 g/mol. The van der Waals surface area contributed by atoms with E-state index >= 15 is 0 Å². The number of aromatic amines is 1. The van der Waals surface area contributed by atoms with Crippen molar-refractivity contribution in [3.63, 3.8) is 0 Å². The number of nitrogens with one attached hydrogen (secondary N) is 2. The first-order chi connectivity index (χ1) is 14.3. The Labute approximate surface area is 169 Å². The number of rotatable bonds is 6. The Hall–Kier alpha value is -3.61. The summed E-state index contributed by atoms with van der Waals surface area (Å²) in [5, 5.41) is 10.7. The normalized spacial score (nSPS) is 11.9. The highest BCUT2D eigenvalue weighted by atomic mass is 32.2. The van der Waals surface area contributed by atoms with Crippen molar-refractivity contribution in [1.82, 2.24) is 29.9 Å². The van der Waals surface area contributed by atoms with Gasteiger partial charge in [0.1, 0.15) is 22.0 Å². The number of hydrogen-bond acceptors (Lipinski definition) is 7. The van der Waals surface area contributed by atoms with Gasteiger partial charge in [-0.2, -0.15) is 10.2 Å². The van der Waals surface area contributed by atoms with Gasteiger partial charge < -0.3 is 4.74 Å². The second kappa shape index (κ2) is 7.33. The van der Waals surface area contributed by atoms with Crippen molar-refractivity contribution in [2.24, 2.45) is 7.05 Å². The fourth-order valence-electron chi connectivity index (χ4n) is 2.86. The molecule has 0 spiro atoms. The summed E-state index contributed by atoms with van der Waals surface area (Å²) in [6, 6.07) is 3.82. The van der Waals surface area contributed by atoms with Gasteiger partial charge in [0.05, 0.1) is 24.5 Å². The van der Waals surface area contributed by atoms with E-state index in [1.807, 2.05) is 0 Å². The molecular formula is C17H15F2N7O3S. The molecule has 0 fully saturated rings. The molecule has 0 atom stereocenters. The lowest BCUT2D eigenvalue weighted by atomic mass is 10.2. The average Bonchev–Trinajstić information content (AvgIpc) is 3.36. The van der Waals surface area contributed by atoms with Crippen LogP contribution in [0.2, 0.25) is 0 Å². The van der Waals surface area contributed by atoms with Crippen LogP contribution in [0.5, 0.6) is 5.88 Å². The van der Waals surface area contributed by atoms with Crippen LogP contribution >= 0.6 is 0 Å². The third-order valence-corrected chi connectivity index (χ3v) is 5.65. The van der Waals surface area contributed by atoms with Crippen LogP contribution in [0.1, 0.15) is 12.1 Å². The third kappa shape index (κ3) is 3.43. The summed E-state index contributed by atoms with van der Waals surface area (Å²) < 4.78 is 60.4. The molecule has 4 rings (SSSR count). The number of anilines is 1. The minimum absolute atomic E-state index is 0.0790. The maximum atomic E-state index is 12.9. The maximum absolute atomic E-state index is 12.9. The number of alkyl halides is 2. The van der Waals surface area contributed by atoms with Gasteiger partial charge in [-0.25, -0.2) is 22.2 Å². The zero-order valence-electron chi connectivity index (χ0n) is 15.7. The first-order valence-corrected chi connectivity index (χ1v) is 9.96. The minimum atomic E-state index is -4.06. The SMILES string of the molecule is COc1ncc2cnn(C)c2c1NS(=O)(=O)c1ccc(-c2cc(C(F)F)[nH]n2)nc1. The highest BCUT2D eigenvalue weighted by Crippen LogP contribution is 2.32. The van der Waals surface area contributed by atoms with Crippen LogP contribution < -0.4 is 9.46 Å². The van der Waals surface area contributed by atoms with Crippen LogP contribution in [-0.4, -0.2) is 45.5 Å². The van der Waals surface area contributed by atoms with Crippen molar-refractivity contribution < 1.29 is 21.9 Å². The molecule has 30 heavy (non-hydrogen) atoms. The molecule has 0 aliphatic carbocycles. The molecule has 0 radical (unpaired) electrons. The van der Waals surface area contributed by atoms with E-state index in [0.29, 0.717) is 10.9 Å². The first-order valence-electron chi connectivity index (χ1n) is 8.47. The van der Waals surface area contributed by atoms with Crippen LogP contribution in [0, 0.1) is 0 Å². The fourth-order valence-corrected chi connectivity index (χ4v) is 3.87. The lowest BCUT2D eigenvalue weighted by molar-refractivity contribution is 0.146. The van der Waals surface area contributed by atoms with Crippen molar-refractivity contribution in [2.45, 2.75) is 11.3 Å². The number of aryl methyl sites for hydroxylation is 1. The van der Waals surface area contributed by atoms with Gasteiger partial charge in [-0.05, 0) is 18.2 Å². The van der Waals surface area contributed by atoms with E-state index in [1.165, 1.54) is 30.1 Å². The Morgan fingerprint density at radius 1 is 1.17 bits per heavy atom. The number of fused-ring (bicyclic) bond motifs is 1. The van der Waals surface area contributed by atoms with E-state index in [1.54, 1.807) is 13.2 Å². The van der Waals surface area contributed by atoms with Gasteiger partial charge in [0.2, 0.25) is 5.88 Å². The summed E-state index contributed by atoms with van der Waals surface area (Å²) in [4.78, 5) is 7.99. The summed E-state index contributed by atoms with van der Waals surface area (Å²) >= 11 is 0. The molecule has 13 heteroatoms. The smallest absolute Gasteiger partial charge is 0.279 e. The summed E-state index contributed by atoms with van der Waals surface area (Å²) in [5.41, 5.74) is 0.686. The third-order valence-electron chi connectivity index (χ3n) is 4.31. The van der Waals surface area contributed by atoms with E-state index in [0.717, 1.165) is 12.3 Å². The molecule has 0 bridgehead atoms. The quantitative estimate of drug-likeness (QED) is 0.476. The van der Waals surface area contributed by atoms with Gasteiger partial charge in [-0.15, -0.1) is 0 Å². The van der Waals surface area contributed by atoms with E-state index in [-0.39, 0.29) is 33.5 Å². The van der Waals surface area contributed by atoms with Gasteiger partial charge in [-0.1, -0.05) is 0 Å². The number of aromatic nitrogens is 6. The van der Waals surface area contributed by atoms with Gasteiger partial charge in [0.25, 0.3) is 16.4 Å². The van der Waals surface area contributed by atoms with Crippen LogP contribution in [-0.2, 0) is 17.1 Å². The standard InChI is InChI=1S/C17H15F2N7O3S/c1-26-15-9(7-22-26)6-21-17(29-2)14(15)25-30(27,28)10-3-4-11(20-8-10)12-5-13(16(18)19)24-23-12/h3-8,16,25H,1-2H3,(H,23,24). The molecule has 0 saturated carbocycles. The number of halogens is 2. The zero-order chi connectivity index (χ0) is 21.5. The Morgan fingerprint density at radius 2 is 1.97 bits per heavy atom. The highest BCUT2D eigenvalue weighted by Gasteiger charge is 2.22. The molecule has 10 nitrogen and oxygen atoms in total. The van der Waals surface area contributed by atoms with E-state index in [9.17, 15) is 17.2 Å². The summed E-state index contributed by atoms with van der Waals surface area (Å²) in [6.45, 7) is 0. The van der Waals surface area contributed by atoms with Crippen LogP contribution in [0.25, 0.3) is 22.3 Å². The number of nitrogens with zero attached hydrogens (tertiary/aromatic N) is 5. The van der Waals surface area contributed by atoms with E-state index in [4.69, 9.17) is 4.74 Å². The molecule has 0 aliphatic heterocycles. The Morgan fingerprint density at radius 3 is 2.60 bits per heavy atom. The van der Waals surface area contributed by atoms with Crippen molar-refractivity contribution in [2.75, 3.05) is 11.8 Å². The van der Waals surface area contributed by atoms with Crippen LogP contribution in [0.15, 0.2) is 41.7 Å². The molecule has 156 valence electrons. The Balaban J connectivity index is 1.68. The number of ether oxygens (including phenoxy) is 1. The molecule has 4 aromatic rings. The molecule has 0 aliphatic rings. The predicted molar refractivity (Wildman–Crippen MR) is 103 cm³/mol. The molecule has 4 heterocycles. The van der Waals surface area contributed by atoms with Crippen molar-refractivity contribution in [3.05, 3.63) is 42.5 Å². The molecule has 0 unspecified atom stereocenters. The minimum Gasteiger partial charge on any atom is -0.479 e. The highest BCUT2D eigenvalue weighted by molar-refractivity contribution is 7.92. The van der Waals surface area contributed by atoms with Crippen LogP contribution in [0.3, 0.4) is 0 Å². The van der Waals surface area contributed by atoms with E-state index < -0.39 is 16.4 Å². The Bertz CT molecular complexity index is 1320. The molecule has 4 aromatic heterocycles. The first kappa shape index (κ1) is 19.7. The molecule has 0 amide bonds. The van der Waals surface area contributed by atoms with Gasteiger partial charge in [0, 0.05) is 24.8 Å². The van der Waals surface area contributed by atoms with E-state index in [2.05, 4.69) is 30.0 Å². The molecular weight excluding hydrogens is 420 g/mol. The summed E-state index contributed by atoms with van der Waals surface area (Å²) in [5.74, 6) is 0.0790. The lowest BCUT2D eigenvalue weighted by Gasteiger charge is -2.13. The second-order valence-electron chi connectivity index (χ2n) is 6.21. The fraction of sp³-hybridized carbons (Fsp3) is 0.176. The number of sulfonamides is 1. The van der Waals surface area contributed by atoms with Gasteiger partial charge >= 0.3 is 0 Å². The lowest BCUT2D eigenvalue weighted by Crippen LogP contribution is -2.15. The summed E-state index contributed by atoms with van der Waals surface area (Å²) in [6.07, 6.45) is 1.48.